The van der Waals surface area contributed by atoms with E-state index >= 15 is 0 Å². The van der Waals surface area contributed by atoms with Crippen molar-refractivity contribution < 1.29 is 23.4 Å². The fourth-order valence-electron chi connectivity index (χ4n) is 2.52. The molecule has 0 amide bonds. The Balaban J connectivity index is 2.19. The molecule has 20 heavy (non-hydrogen) atoms. The van der Waals surface area contributed by atoms with Crippen LogP contribution in [0.15, 0.2) is 18.2 Å². The fourth-order valence-corrected chi connectivity index (χ4v) is 2.52. The number of carboxylic acid groups (broad SMARTS) is 1. The van der Waals surface area contributed by atoms with Crippen molar-refractivity contribution >= 4 is 5.97 Å². The summed E-state index contributed by atoms with van der Waals surface area (Å²) in [7, 11) is 1.74. The SMILES string of the molecule is CC(c1cc(F)cc(F)c1)N(C)C1COCC1C(=O)O. The molecule has 0 aliphatic carbocycles. The molecule has 0 saturated carbocycles. The Bertz CT molecular complexity index is 489. The Morgan fingerprint density at radius 1 is 1.35 bits per heavy atom. The van der Waals surface area contributed by atoms with Gasteiger partial charge in [-0.15, -0.1) is 0 Å². The number of ether oxygens (including phenoxy) is 1. The lowest BCUT2D eigenvalue weighted by Gasteiger charge is -2.32. The number of aliphatic carboxylic acids is 1. The normalized spacial score (nSPS) is 24.1. The van der Waals surface area contributed by atoms with Crippen molar-refractivity contribution in [2.75, 3.05) is 20.3 Å². The molecule has 1 fully saturated rings. The summed E-state index contributed by atoms with van der Waals surface area (Å²) in [5.41, 5.74) is 0.473. The molecular formula is C14H17F2NO3. The van der Waals surface area contributed by atoms with Crippen molar-refractivity contribution in [3.8, 4) is 0 Å². The highest BCUT2D eigenvalue weighted by molar-refractivity contribution is 5.71. The van der Waals surface area contributed by atoms with E-state index in [1.807, 2.05) is 0 Å². The molecule has 3 unspecified atom stereocenters. The first-order valence-corrected chi connectivity index (χ1v) is 6.38. The number of likely N-dealkylation sites (N-methyl/N-ethyl adjacent to an activating group) is 1. The van der Waals surface area contributed by atoms with Crippen molar-refractivity contribution in [3.05, 3.63) is 35.4 Å². The van der Waals surface area contributed by atoms with Crippen LogP contribution in [0, 0.1) is 17.6 Å². The molecule has 0 radical (unpaired) electrons. The predicted octanol–water partition coefficient (Wildman–Crippen LogP) is 2.06. The van der Waals surface area contributed by atoms with Gasteiger partial charge in [0.2, 0.25) is 0 Å². The number of benzene rings is 1. The second-order valence-electron chi connectivity index (χ2n) is 5.09. The zero-order valence-electron chi connectivity index (χ0n) is 11.3. The Morgan fingerprint density at radius 3 is 2.50 bits per heavy atom. The minimum Gasteiger partial charge on any atom is -0.481 e. The van der Waals surface area contributed by atoms with Crippen LogP contribution in [-0.4, -0.2) is 42.3 Å². The quantitative estimate of drug-likeness (QED) is 0.920. The van der Waals surface area contributed by atoms with Gasteiger partial charge in [-0.3, -0.25) is 9.69 Å². The molecule has 2 rings (SSSR count). The smallest absolute Gasteiger partial charge is 0.310 e. The maximum Gasteiger partial charge on any atom is 0.310 e. The van der Waals surface area contributed by atoms with E-state index in [0.717, 1.165) is 6.07 Å². The Hall–Kier alpha value is -1.53. The van der Waals surface area contributed by atoms with E-state index in [4.69, 9.17) is 9.84 Å². The summed E-state index contributed by atoms with van der Waals surface area (Å²) in [5.74, 6) is -2.83. The van der Waals surface area contributed by atoms with Crippen molar-refractivity contribution in [1.29, 1.82) is 0 Å². The van der Waals surface area contributed by atoms with E-state index < -0.39 is 23.5 Å². The molecule has 6 heteroatoms. The Kier molecular flexibility index (Phi) is 4.35. The second kappa shape index (κ2) is 5.85. The van der Waals surface area contributed by atoms with Gasteiger partial charge in [0.05, 0.1) is 19.1 Å². The number of halogens is 2. The summed E-state index contributed by atoms with van der Waals surface area (Å²) >= 11 is 0. The van der Waals surface area contributed by atoms with E-state index in [1.54, 1.807) is 18.9 Å². The zero-order valence-corrected chi connectivity index (χ0v) is 11.3. The summed E-state index contributed by atoms with van der Waals surface area (Å²) in [6.45, 7) is 2.25. The summed E-state index contributed by atoms with van der Waals surface area (Å²) in [4.78, 5) is 12.9. The average molecular weight is 285 g/mol. The molecule has 1 heterocycles. The van der Waals surface area contributed by atoms with E-state index in [1.165, 1.54) is 12.1 Å². The third-order valence-electron chi connectivity index (χ3n) is 3.87. The highest BCUT2D eigenvalue weighted by Gasteiger charge is 2.38. The third-order valence-corrected chi connectivity index (χ3v) is 3.87. The maximum absolute atomic E-state index is 13.3. The summed E-state index contributed by atoms with van der Waals surface area (Å²) in [6.07, 6.45) is 0. The molecule has 0 spiro atoms. The minimum atomic E-state index is -0.919. The van der Waals surface area contributed by atoms with Crippen LogP contribution in [0.5, 0.6) is 0 Å². The lowest BCUT2D eigenvalue weighted by Crippen LogP contribution is -2.42. The summed E-state index contributed by atoms with van der Waals surface area (Å²) in [5, 5.41) is 9.15. The van der Waals surface area contributed by atoms with E-state index in [2.05, 4.69) is 0 Å². The number of rotatable bonds is 4. The number of nitrogens with zero attached hydrogens (tertiary/aromatic N) is 1. The van der Waals surface area contributed by atoms with Gasteiger partial charge in [0, 0.05) is 18.2 Å². The van der Waals surface area contributed by atoms with Gasteiger partial charge in [0.25, 0.3) is 0 Å². The molecule has 110 valence electrons. The molecule has 1 aliphatic rings. The fraction of sp³-hybridized carbons (Fsp3) is 0.500. The molecule has 1 aliphatic heterocycles. The van der Waals surface area contributed by atoms with Crippen LogP contribution in [0.1, 0.15) is 18.5 Å². The molecule has 1 aromatic carbocycles. The number of hydrogen-bond acceptors (Lipinski definition) is 3. The van der Waals surface area contributed by atoms with Crippen LogP contribution in [0.4, 0.5) is 8.78 Å². The standard InChI is InChI=1S/C14H17F2NO3/c1-8(9-3-10(15)5-11(16)4-9)17(2)13-7-20-6-12(13)14(18)19/h3-5,8,12-13H,6-7H2,1-2H3,(H,18,19). The van der Waals surface area contributed by atoms with Gasteiger partial charge in [0.15, 0.2) is 0 Å². The summed E-state index contributed by atoms with van der Waals surface area (Å²) in [6, 6.07) is 2.71. The van der Waals surface area contributed by atoms with Crippen LogP contribution >= 0.6 is 0 Å². The Labute approximate surface area is 116 Å². The monoisotopic (exact) mass is 285 g/mol. The molecule has 0 bridgehead atoms. The van der Waals surface area contributed by atoms with Crippen LogP contribution < -0.4 is 0 Å². The van der Waals surface area contributed by atoms with E-state index in [-0.39, 0.29) is 18.7 Å². The molecule has 1 aromatic rings. The largest absolute Gasteiger partial charge is 0.481 e. The van der Waals surface area contributed by atoms with Crippen LogP contribution in [0.3, 0.4) is 0 Å². The molecular weight excluding hydrogens is 268 g/mol. The predicted molar refractivity (Wildman–Crippen MR) is 68.3 cm³/mol. The molecule has 0 aromatic heterocycles. The van der Waals surface area contributed by atoms with Crippen molar-refractivity contribution in [3.63, 3.8) is 0 Å². The highest BCUT2D eigenvalue weighted by atomic mass is 19.1. The van der Waals surface area contributed by atoms with Gasteiger partial charge in [-0.1, -0.05) is 0 Å². The molecule has 1 saturated heterocycles. The number of carbonyl (C=O) groups is 1. The van der Waals surface area contributed by atoms with Crippen LogP contribution in [-0.2, 0) is 9.53 Å². The second-order valence-corrected chi connectivity index (χ2v) is 5.09. The van der Waals surface area contributed by atoms with Gasteiger partial charge in [0.1, 0.15) is 11.6 Å². The lowest BCUT2D eigenvalue weighted by molar-refractivity contribution is -0.143. The highest BCUT2D eigenvalue weighted by Crippen LogP contribution is 2.28. The molecule has 3 atom stereocenters. The van der Waals surface area contributed by atoms with Crippen molar-refractivity contribution in [2.24, 2.45) is 5.92 Å². The lowest BCUT2D eigenvalue weighted by atomic mass is 9.99. The summed E-state index contributed by atoms with van der Waals surface area (Å²) < 4.78 is 31.7. The first-order valence-electron chi connectivity index (χ1n) is 6.38. The average Bonchev–Trinajstić information content (AvgIpc) is 2.85. The number of carboxylic acids is 1. The van der Waals surface area contributed by atoms with Crippen LogP contribution in [0.25, 0.3) is 0 Å². The topological polar surface area (TPSA) is 49.8 Å². The van der Waals surface area contributed by atoms with Gasteiger partial charge < -0.3 is 9.84 Å². The van der Waals surface area contributed by atoms with E-state index in [0.29, 0.717) is 12.2 Å². The van der Waals surface area contributed by atoms with Crippen molar-refractivity contribution in [1.82, 2.24) is 4.90 Å². The zero-order chi connectivity index (χ0) is 14.9. The molecule has 1 N–H and O–H groups in total. The Morgan fingerprint density at radius 2 is 1.95 bits per heavy atom. The minimum absolute atomic E-state index is 0.161. The first-order chi connectivity index (χ1) is 9.40. The van der Waals surface area contributed by atoms with Gasteiger partial charge >= 0.3 is 5.97 Å². The van der Waals surface area contributed by atoms with Crippen molar-refractivity contribution in [2.45, 2.75) is 19.0 Å². The number of hydrogen-bond donors (Lipinski definition) is 1. The maximum atomic E-state index is 13.3. The first kappa shape index (κ1) is 14.9. The van der Waals surface area contributed by atoms with E-state index in [9.17, 15) is 13.6 Å². The van der Waals surface area contributed by atoms with Gasteiger partial charge in [-0.25, -0.2) is 8.78 Å². The van der Waals surface area contributed by atoms with Gasteiger partial charge in [-0.05, 0) is 31.7 Å². The van der Waals surface area contributed by atoms with Gasteiger partial charge in [-0.2, -0.15) is 0 Å². The third kappa shape index (κ3) is 2.96. The van der Waals surface area contributed by atoms with Crippen LogP contribution in [0.2, 0.25) is 0 Å². The molecule has 4 nitrogen and oxygen atoms in total.